The van der Waals surface area contributed by atoms with E-state index in [-0.39, 0.29) is 12.7 Å². The van der Waals surface area contributed by atoms with Crippen LogP contribution in [0.15, 0.2) is 12.1 Å². The molecular formula is C10H8ClNO2. The van der Waals surface area contributed by atoms with E-state index in [2.05, 4.69) is 0 Å². The number of benzene rings is 1. The standard InChI is InChI=1S/C10H8ClNO2/c11-9-3-10-6(1-7(9)4-12)2-8(5-13)14-10/h1,3,8,13H,2,5H2. The van der Waals surface area contributed by atoms with Crippen LogP contribution in [0, 0.1) is 11.3 Å². The SMILES string of the molecule is N#Cc1cc2c(cc1Cl)OC(CO)C2. The summed E-state index contributed by atoms with van der Waals surface area (Å²) >= 11 is 5.83. The van der Waals surface area contributed by atoms with Gasteiger partial charge in [-0.15, -0.1) is 0 Å². The van der Waals surface area contributed by atoms with E-state index in [1.54, 1.807) is 12.1 Å². The number of rotatable bonds is 1. The van der Waals surface area contributed by atoms with Crippen molar-refractivity contribution in [3.8, 4) is 11.8 Å². The van der Waals surface area contributed by atoms with Crippen LogP contribution in [0.3, 0.4) is 0 Å². The van der Waals surface area contributed by atoms with Crippen LogP contribution in [0.1, 0.15) is 11.1 Å². The Hall–Kier alpha value is -1.24. The summed E-state index contributed by atoms with van der Waals surface area (Å²) in [5, 5.41) is 18.1. The summed E-state index contributed by atoms with van der Waals surface area (Å²) in [7, 11) is 0. The van der Waals surface area contributed by atoms with Crippen molar-refractivity contribution in [1.29, 1.82) is 5.26 Å². The first-order valence-corrected chi connectivity index (χ1v) is 4.62. The fraction of sp³-hybridized carbons (Fsp3) is 0.300. The van der Waals surface area contributed by atoms with Crippen LogP contribution in [0.25, 0.3) is 0 Å². The average Bonchev–Trinajstić information content (AvgIpc) is 2.58. The number of aliphatic hydroxyl groups is 1. The highest BCUT2D eigenvalue weighted by Crippen LogP contribution is 2.33. The minimum atomic E-state index is -0.199. The zero-order chi connectivity index (χ0) is 10.1. The number of nitriles is 1. The van der Waals surface area contributed by atoms with Crippen LogP contribution in [0.4, 0.5) is 0 Å². The highest BCUT2D eigenvalue weighted by Gasteiger charge is 2.23. The van der Waals surface area contributed by atoms with Gasteiger partial charge in [0.15, 0.2) is 0 Å². The minimum absolute atomic E-state index is 0.0197. The molecule has 0 aliphatic carbocycles. The fourth-order valence-electron chi connectivity index (χ4n) is 1.52. The van der Waals surface area contributed by atoms with Crippen LogP contribution in [0.2, 0.25) is 5.02 Å². The normalized spacial score (nSPS) is 18.5. The molecule has 1 heterocycles. The lowest BCUT2D eigenvalue weighted by Crippen LogP contribution is -2.17. The van der Waals surface area contributed by atoms with E-state index >= 15 is 0 Å². The molecule has 1 aliphatic heterocycles. The zero-order valence-electron chi connectivity index (χ0n) is 7.33. The van der Waals surface area contributed by atoms with Crippen molar-refractivity contribution in [3.05, 3.63) is 28.3 Å². The van der Waals surface area contributed by atoms with E-state index in [9.17, 15) is 0 Å². The second-order valence-electron chi connectivity index (χ2n) is 3.18. The summed E-state index contributed by atoms with van der Waals surface area (Å²) in [5.41, 5.74) is 1.39. The molecule has 0 fully saturated rings. The molecule has 3 nitrogen and oxygen atoms in total. The van der Waals surface area contributed by atoms with Gasteiger partial charge in [0.1, 0.15) is 17.9 Å². The Bertz CT molecular complexity index is 411. The Morgan fingerprint density at radius 3 is 3.07 bits per heavy atom. The summed E-state index contributed by atoms with van der Waals surface area (Å²) in [5.74, 6) is 0.674. The lowest BCUT2D eigenvalue weighted by atomic mass is 10.1. The molecule has 14 heavy (non-hydrogen) atoms. The topological polar surface area (TPSA) is 53.2 Å². The lowest BCUT2D eigenvalue weighted by Gasteiger charge is -2.05. The van der Waals surface area contributed by atoms with Gasteiger partial charge in [0, 0.05) is 12.5 Å². The molecule has 0 spiro atoms. The maximum atomic E-state index is 8.91. The summed E-state index contributed by atoms with van der Waals surface area (Å²) < 4.78 is 5.39. The Balaban J connectivity index is 2.40. The van der Waals surface area contributed by atoms with Gasteiger partial charge < -0.3 is 9.84 Å². The van der Waals surface area contributed by atoms with Crippen molar-refractivity contribution in [3.63, 3.8) is 0 Å². The molecule has 0 aromatic heterocycles. The Morgan fingerprint density at radius 1 is 1.64 bits per heavy atom. The molecule has 0 bridgehead atoms. The first kappa shape index (κ1) is 9.32. The number of fused-ring (bicyclic) bond motifs is 1. The molecule has 1 atom stereocenters. The van der Waals surface area contributed by atoms with Gasteiger partial charge in [-0.2, -0.15) is 5.26 Å². The molecule has 1 aliphatic rings. The van der Waals surface area contributed by atoms with Crippen molar-refractivity contribution in [2.45, 2.75) is 12.5 Å². The molecule has 2 rings (SSSR count). The van der Waals surface area contributed by atoms with Gasteiger partial charge in [0.25, 0.3) is 0 Å². The Morgan fingerprint density at radius 2 is 2.43 bits per heavy atom. The van der Waals surface area contributed by atoms with E-state index < -0.39 is 0 Å². The maximum Gasteiger partial charge on any atom is 0.126 e. The third-order valence-corrected chi connectivity index (χ3v) is 2.53. The third-order valence-electron chi connectivity index (χ3n) is 2.22. The first-order chi connectivity index (χ1) is 6.74. The Kier molecular flexibility index (Phi) is 2.32. The van der Waals surface area contributed by atoms with Crippen molar-refractivity contribution in [2.24, 2.45) is 0 Å². The molecule has 1 N–H and O–H groups in total. The molecule has 1 aromatic rings. The van der Waals surface area contributed by atoms with Crippen molar-refractivity contribution in [2.75, 3.05) is 6.61 Å². The summed E-state index contributed by atoms with van der Waals surface area (Å²) in [6, 6.07) is 5.35. The van der Waals surface area contributed by atoms with Crippen molar-refractivity contribution >= 4 is 11.6 Å². The highest BCUT2D eigenvalue weighted by atomic mass is 35.5. The van der Waals surface area contributed by atoms with Gasteiger partial charge >= 0.3 is 0 Å². The van der Waals surface area contributed by atoms with Crippen LogP contribution >= 0.6 is 11.6 Å². The molecule has 0 saturated carbocycles. The molecule has 0 amide bonds. The van der Waals surface area contributed by atoms with Gasteiger partial charge in [-0.25, -0.2) is 0 Å². The number of aliphatic hydroxyl groups excluding tert-OH is 1. The van der Waals surface area contributed by atoms with E-state index in [4.69, 9.17) is 26.7 Å². The molecule has 72 valence electrons. The molecular weight excluding hydrogens is 202 g/mol. The smallest absolute Gasteiger partial charge is 0.126 e. The highest BCUT2D eigenvalue weighted by molar-refractivity contribution is 6.31. The van der Waals surface area contributed by atoms with Gasteiger partial charge in [-0.3, -0.25) is 0 Å². The predicted molar refractivity (Wildman–Crippen MR) is 51.4 cm³/mol. The third kappa shape index (κ3) is 1.43. The average molecular weight is 210 g/mol. The van der Waals surface area contributed by atoms with Gasteiger partial charge in [0.05, 0.1) is 17.2 Å². The van der Waals surface area contributed by atoms with Crippen LogP contribution < -0.4 is 4.74 Å². The van der Waals surface area contributed by atoms with Crippen molar-refractivity contribution in [1.82, 2.24) is 0 Å². The molecule has 4 heteroatoms. The number of hydrogen-bond donors (Lipinski definition) is 1. The quantitative estimate of drug-likeness (QED) is 0.763. The molecule has 1 aromatic carbocycles. The van der Waals surface area contributed by atoms with Crippen molar-refractivity contribution < 1.29 is 9.84 Å². The molecule has 0 saturated heterocycles. The van der Waals surface area contributed by atoms with E-state index in [1.165, 1.54) is 0 Å². The fourth-order valence-corrected chi connectivity index (χ4v) is 1.72. The van der Waals surface area contributed by atoms with Gasteiger partial charge in [0.2, 0.25) is 0 Å². The largest absolute Gasteiger partial charge is 0.487 e. The van der Waals surface area contributed by atoms with E-state index in [0.29, 0.717) is 22.8 Å². The first-order valence-electron chi connectivity index (χ1n) is 4.24. The lowest BCUT2D eigenvalue weighted by molar-refractivity contribution is 0.134. The predicted octanol–water partition coefficient (Wildman–Crippen LogP) is 1.51. The minimum Gasteiger partial charge on any atom is -0.487 e. The number of hydrogen-bond acceptors (Lipinski definition) is 3. The molecule has 0 radical (unpaired) electrons. The van der Waals surface area contributed by atoms with Gasteiger partial charge in [-0.1, -0.05) is 11.6 Å². The van der Waals surface area contributed by atoms with E-state index in [1.807, 2.05) is 6.07 Å². The van der Waals surface area contributed by atoms with Crippen LogP contribution in [-0.2, 0) is 6.42 Å². The number of nitrogens with zero attached hydrogens (tertiary/aromatic N) is 1. The second-order valence-corrected chi connectivity index (χ2v) is 3.59. The van der Waals surface area contributed by atoms with Crippen LogP contribution in [0.5, 0.6) is 5.75 Å². The zero-order valence-corrected chi connectivity index (χ0v) is 8.08. The van der Waals surface area contributed by atoms with Gasteiger partial charge in [-0.05, 0) is 11.6 Å². The Labute approximate surface area is 86.5 Å². The maximum absolute atomic E-state index is 8.91. The molecule has 1 unspecified atom stereocenters. The number of halogens is 1. The van der Waals surface area contributed by atoms with Crippen LogP contribution in [-0.4, -0.2) is 17.8 Å². The summed E-state index contributed by atoms with van der Waals surface area (Å²) in [4.78, 5) is 0. The summed E-state index contributed by atoms with van der Waals surface area (Å²) in [6.45, 7) is -0.0197. The second kappa shape index (κ2) is 3.49. The monoisotopic (exact) mass is 209 g/mol. The van der Waals surface area contributed by atoms with E-state index in [0.717, 1.165) is 5.56 Å². The summed E-state index contributed by atoms with van der Waals surface area (Å²) in [6.07, 6.45) is 0.438. The number of ether oxygens (including phenoxy) is 1.